The molecule has 26 heavy (non-hydrogen) atoms. The number of hydroxylamine groups is 1. The van der Waals surface area contributed by atoms with Crippen LogP contribution in [0, 0.1) is 27.7 Å². The summed E-state index contributed by atoms with van der Waals surface area (Å²) in [7, 11) is 0. The van der Waals surface area contributed by atoms with Gasteiger partial charge in [-0.1, -0.05) is 0 Å². The number of fused-ring (bicyclic) bond motifs is 2. The van der Waals surface area contributed by atoms with Crippen LogP contribution in [0.15, 0.2) is 17.1 Å². The van der Waals surface area contributed by atoms with Crippen molar-refractivity contribution in [3.63, 3.8) is 0 Å². The topological polar surface area (TPSA) is 106 Å². The first-order valence-electron chi connectivity index (χ1n) is 9.34. The molecule has 0 aromatic heterocycles. The molecule has 0 amide bonds. The van der Waals surface area contributed by atoms with Crippen molar-refractivity contribution < 1.29 is 10.2 Å². The van der Waals surface area contributed by atoms with Gasteiger partial charge in [-0.05, 0) is 56.3 Å². The number of nitrogens with one attached hydrogen (secondary N) is 3. The first-order chi connectivity index (χ1) is 12.7. The zero-order chi connectivity index (χ0) is 18.1. The van der Waals surface area contributed by atoms with Crippen molar-refractivity contribution in [2.45, 2.75) is 32.1 Å². The molecular weight excluding hydrogens is 332 g/mol. The molecule has 4 rings (SSSR count). The third kappa shape index (κ3) is 3.32. The average Bonchev–Trinajstić information content (AvgIpc) is 3.29. The zero-order valence-corrected chi connectivity index (χ0v) is 14.8. The number of nitriles is 1. The van der Waals surface area contributed by atoms with Crippen molar-refractivity contribution >= 4 is 17.3 Å². The lowest BCUT2D eigenvalue weighted by molar-refractivity contribution is -0.851. The Balaban J connectivity index is 1.39. The summed E-state index contributed by atoms with van der Waals surface area (Å²) in [6.45, 7) is 3.13. The molecule has 3 N–H and O–H groups in total. The first-order valence-corrected chi connectivity index (χ1v) is 9.34. The smallest absolute Gasteiger partial charge is 0.347 e. The second kappa shape index (κ2) is 7.31. The molecule has 0 saturated carbocycles. The number of likely N-dealkylation sites (tertiary alicyclic amines) is 1. The van der Waals surface area contributed by atoms with Gasteiger partial charge in [-0.3, -0.25) is 5.06 Å². The van der Waals surface area contributed by atoms with Crippen LogP contribution in [0.5, 0.6) is 0 Å². The number of hydrogen-bond donors (Lipinski definition) is 3. The van der Waals surface area contributed by atoms with Crippen LogP contribution in [-0.4, -0.2) is 37.0 Å². The second-order valence-corrected chi connectivity index (χ2v) is 7.30. The van der Waals surface area contributed by atoms with E-state index < -0.39 is 0 Å². The van der Waals surface area contributed by atoms with Crippen molar-refractivity contribution in [3.8, 4) is 6.07 Å². The Bertz CT molecular complexity index is 759. The summed E-state index contributed by atoms with van der Waals surface area (Å²) in [4.78, 5) is 6.61. The van der Waals surface area contributed by atoms with Crippen LogP contribution in [-0.2, 0) is 12.8 Å². The molecule has 0 spiro atoms. The lowest BCUT2D eigenvalue weighted by Crippen LogP contribution is -3.24. The van der Waals surface area contributed by atoms with E-state index in [2.05, 4.69) is 21.4 Å². The average molecular weight is 356 g/mol. The van der Waals surface area contributed by atoms with Gasteiger partial charge in [0.05, 0.1) is 12.0 Å². The Morgan fingerprint density at radius 2 is 2.04 bits per heavy atom. The molecule has 0 bridgehead atoms. The largest absolute Gasteiger partial charge is 0.621 e. The van der Waals surface area contributed by atoms with E-state index in [0.717, 1.165) is 51.7 Å². The van der Waals surface area contributed by atoms with E-state index in [0.29, 0.717) is 17.9 Å². The third-order valence-electron chi connectivity index (χ3n) is 5.53. The minimum Gasteiger partial charge on any atom is -0.621 e. The summed E-state index contributed by atoms with van der Waals surface area (Å²) in [6, 6.07) is 6.08. The van der Waals surface area contributed by atoms with Gasteiger partial charge in [0.25, 0.3) is 0 Å². The lowest BCUT2D eigenvalue weighted by Gasteiger charge is -2.34. The summed E-state index contributed by atoms with van der Waals surface area (Å²) >= 11 is 0. The highest BCUT2D eigenvalue weighted by Crippen LogP contribution is 2.28. The van der Waals surface area contributed by atoms with E-state index in [-0.39, 0.29) is 22.1 Å². The van der Waals surface area contributed by atoms with E-state index in [9.17, 15) is 10.4 Å². The Morgan fingerprint density at radius 3 is 2.77 bits per heavy atom. The van der Waals surface area contributed by atoms with Crippen molar-refractivity contribution in [1.82, 2.24) is 10.3 Å². The van der Waals surface area contributed by atoms with Crippen LogP contribution in [0.1, 0.15) is 30.4 Å². The van der Waals surface area contributed by atoms with Crippen molar-refractivity contribution in [2.24, 2.45) is 10.9 Å². The van der Waals surface area contributed by atoms with E-state index in [1.54, 1.807) is 0 Å². The normalized spacial score (nSPS) is 29.3. The molecule has 1 aromatic rings. The maximum absolute atomic E-state index is 12.7. The lowest BCUT2D eigenvalue weighted by atomic mass is 10.1. The van der Waals surface area contributed by atoms with Crippen molar-refractivity contribution in [2.75, 3.05) is 26.2 Å². The van der Waals surface area contributed by atoms with Crippen LogP contribution >= 0.6 is 0 Å². The predicted octanol–water partition coefficient (Wildman–Crippen LogP) is -0.687. The molecule has 8 nitrogen and oxygen atoms in total. The van der Waals surface area contributed by atoms with E-state index >= 15 is 0 Å². The van der Waals surface area contributed by atoms with Gasteiger partial charge in [-0.2, -0.15) is 10.7 Å². The fraction of sp³-hybridized carbons (Fsp3) is 0.556. The zero-order valence-electron chi connectivity index (χ0n) is 14.8. The molecule has 1 saturated heterocycles. The molecular formula is C18H24N6O2. The van der Waals surface area contributed by atoms with Crippen molar-refractivity contribution in [3.05, 3.63) is 33.7 Å². The van der Waals surface area contributed by atoms with Gasteiger partial charge in [0.1, 0.15) is 0 Å². The summed E-state index contributed by atoms with van der Waals surface area (Å²) in [5.74, 6) is 0.301. The fourth-order valence-electron chi connectivity index (χ4n) is 4.10. The number of nitrogens with zero attached hydrogens (tertiary/aromatic N) is 3. The van der Waals surface area contributed by atoms with Gasteiger partial charge in [-0.25, -0.2) is 10.2 Å². The summed E-state index contributed by atoms with van der Waals surface area (Å²) < 4.78 is 0. The quantitative estimate of drug-likeness (QED) is 0.489. The van der Waals surface area contributed by atoms with Gasteiger partial charge >= 0.3 is 5.96 Å². The second-order valence-electron chi connectivity index (χ2n) is 7.30. The number of aliphatic imine (C=N–C) groups is 1. The van der Waals surface area contributed by atoms with Gasteiger partial charge in [0.15, 0.2) is 0 Å². The Hall–Kier alpha value is -2.02. The standard InChI is InChI=1S/C18H24N6O2/c19-11-13-5-8-22(12-13)7-2-6-20-18-21-24(26)17-10-15-4-1-3-14(15)9-16(17)23(18)25/h9-10,13,23-24H,1-8,12H2,(H,20,21). The molecule has 3 atom stereocenters. The third-order valence-corrected chi connectivity index (χ3v) is 5.53. The molecule has 2 aliphatic heterocycles. The van der Waals surface area contributed by atoms with Crippen molar-refractivity contribution in [1.29, 1.82) is 5.26 Å². The number of rotatable bonds is 4. The summed E-state index contributed by atoms with van der Waals surface area (Å²) in [5, 5.41) is 33.6. The first kappa shape index (κ1) is 17.4. The molecule has 0 radical (unpaired) electrons. The van der Waals surface area contributed by atoms with E-state index in [4.69, 9.17) is 5.26 Å². The van der Waals surface area contributed by atoms with Crippen LogP contribution in [0.2, 0.25) is 0 Å². The van der Waals surface area contributed by atoms with E-state index in [1.165, 1.54) is 11.1 Å². The van der Waals surface area contributed by atoms with Gasteiger partial charge in [0, 0.05) is 25.2 Å². The number of guanidine groups is 1. The minimum absolute atomic E-state index is 0.138. The molecule has 8 heteroatoms. The molecule has 3 aliphatic rings. The van der Waals surface area contributed by atoms with Gasteiger partial charge < -0.3 is 15.3 Å². The monoisotopic (exact) mass is 356 g/mol. The Kier molecular flexibility index (Phi) is 4.89. The summed E-state index contributed by atoms with van der Waals surface area (Å²) in [6.07, 6.45) is 4.78. The highest BCUT2D eigenvalue weighted by Gasteiger charge is 2.31. The van der Waals surface area contributed by atoms with Crippen LogP contribution in [0.25, 0.3) is 0 Å². The maximum Gasteiger partial charge on any atom is 0.347 e. The molecule has 1 fully saturated rings. The number of hydrogen-bond acceptors (Lipinski definition) is 5. The number of benzene rings is 1. The molecule has 2 heterocycles. The molecule has 3 unspecified atom stereocenters. The predicted molar refractivity (Wildman–Crippen MR) is 96.7 cm³/mol. The minimum atomic E-state index is -0.232. The highest BCUT2D eigenvalue weighted by atomic mass is 16.6. The fourth-order valence-corrected chi connectivity index (χ4v) is 4.10. The van der Waals surface area contributed by atoms with Crippen LogP contribution in [0.3, 0.4) is 0 Å². The number of aryl methyl sites for hydroxylation is 2. The van der Waals surface area contributed by atoms with E-state index in [1.807, 2.05) is 12.1 Å². The van der Waals surface area contributed by atoms with Gasteiger partial charge in [-0.15, -0.1) is 0 Å². The summed E-state index contributed by atoms with van der Waals surface area (Å²) in [5.41, 5.74) is 6.01. The van der Waals surface area contributed by atoms with Crippen LogP contribution in [0.4, 0.5) is 11.4 Å². The Morgan fingerprint density at radius 1 is 1.27 bits per heavy atom. The molecule has 138 valence electrons. The molecule has 1 aliphatic carbocycles. The highest BCUT2D eigenvalue weighted by molar-refractivity contribution is 5.76. The SMILES string of the molecule is N#CC1CCN(CCCN=C2N[NH+]([O-])c3cc4c(cc3[NH+]2[O-])CCC4)C1. The Labute approximate surface area is 152 Å². The van der Waals surface area contributed by atoms with Gasteiger partial charge in [0.2, 0.25) is 11.4 Å². The number of quaternary nitrogens is 2. The maximum atomic E-state index is 12.7. The molecule has 1 aromatic carbocycles. The van der Waals surface area contributed by atoms with Crippen LogP contribution < -0.4 is 15.7 Å².